The van der Waals surface area contributed by atoms with Crippen molar-refractivity contribution in [1.29, 1.82) is 0 Å². The van der Waals surface area contributed by atoms with Gasteiger partial charge in [-0.05, 0) is 31.2 Å². The number of carbonyl (C=O) groups is 1. The van der Waals surface area contributed by atoms with E-state index in [0.29, 0.717) is 10.6 Å². The Balaban J connectivity index is 2.10. The van der Waals surface area contributed by atoms with Crippen LogP contribution in [0.5, 0.6) is 0 Å². The molecule has 0 saturated carbocycles. The summed E-state index contributed by atoms with van der Waals surface area (Å²) < 4.78 is 0.853. The van der Waals surface area contributed by atoms with Crippen LogP contribution < -0.4 is 10.6 Å². The zero-order valence-electron chi connectivity index (χ0n) is 8.59. The van der Waals surface area contributed by atoms with Gasteiger partial charge in [-0.2, -0.15) is 0 Å². The van der Waals surface area contributed by atoms with Crippen LogP contribution in [0.15, 0.2) is 22.7 Å². The monoisotopic (exact) mass is 302 g/mol. The molecule has 0 bridgehead atoms. The van der Waals surface area contributed by atoms with Gasteiger partial charge in [0.2, 0.25) is 0 Å². The van der Waals surface area contributed by atoms with Crippen molar-refractivity contribution in [2.45, 2.75) is 12.5 Å². The minimum Gasteiger partial charge on any atom is -0.348 e. The van der Waals surface area contributed by atoms with Crippen LogP contribution in [0.25, 0.3) is 0 Å². The molecule has 0 radical (unpaired) electrons. The molecule has 16 heavy (non-hydrogen) atoms. The van der Waals surface area contributed by atoms with Crippen molar-refractivity contribution in [3.8, 4) is 0 Å². The summed E-state index contributed by atoms with van der Waals surface area (Å²) in [6, 6.07) is 5.48. The molecule has 1 aliphatic heterocycles. The van der Waals surface area contributed by atoms with Crippen molar-refractivity contribution < 1.29 is 4.79 Å². The smallest absolute Gasteiger partial charge is 0.253 e. The van der Waals surface area contributed by atoms with Gasteiger partial charge in [-0.1, -0.05) is 27.5 Å². The van der Waals surface area contributed by atoms with E-state index in [0.717, 1.165) is 24.0 Å². The summed E-state index contributed by atoms with van der Waals surface area (Å²) in [4.78, 5) is 11.9. The highest BCUT2D eigenvalue weighted by atomic mass is 79.9. The third-order valence-electron chi connectivity index (χ3n) is 2.57. The highest BCUT2D eigenvalue weighted by molar-refractivity contribution is 9.10. The predicted molar refractivity (Wildman–Crippen MR) is 67.9 cm³/mol. The van der Waals surface area contributed by atoms with Crippen LogP contribution in [0.3, 0.4) is 0 Å². The Morgan fingerprint density at radius 3 is 3.06 bits per heavy atom. The molecule has 86 valence electrons. The molecule has 0 spiro atoms. The third kappa shape index (κ3) is 2.75. The van der Waals surface area contributed by atoms with Gasteiger partial charge in [0, 0.05) is 17.1 Å². The van der Waals surface area contributed by atoms with Crippen LogP contribution in [0.2, 0.25) is 5.02 Å². The van der Waals surface area contributed by atoms with Gasteiger partial charge in [-0.3, -0.25) is 4.79 Å². The summed E-state index contributed by atoms with van der Waals surface area (Å²) in [5, 5.41) is 6.63. The van der Waals surface area contributed by atoms with E-state index in [-0.39, 0.29) is 11.9 Å². The summed E-state index contributed by atoms with van der Waals surface area (Å²) in [5.41, 5.74) is 0.517. The number of nitrogens with one attached hydrogen (secondary N) is 2. The predicted octanol–water partition coefficient (Wildman–Crippen LogP) is 2.19. The number of halogens is 2. The van der Waals surface area contributed by atoms with Gasteiger partial charge < -0.3 is 10.6 Å². The molecular weight excluding hydrogens is 291 g/mol. The van der Waals surface area contributed by atoms with Crippen molar-refractivity contribution in [3.63, 3.8) is 0 Å². The lowest BCUT2D eigenvalue weighted by Gasteiger charge is -2.12. The summed E-state index contributed by atoms with van der Waals surface area (Å²) in [5.74, 6) is -0.111. The van der Waals surface area contributed by atoms with Crippen LogP contribution >= 0.6 is 27.5 Å². The fraction of sp³-hybridized carbons (Fsp3) is 0.364. The lowest BCUT2D eigenvalue weighted by Crippen LogP contribution is -2.36. The lowest BCUT2D eigenvalue weighted by atomic mass is 10.2. The molecule has 0 aromatic heterocycles. The largest absolute Gasteiger partial charge is 0.348 e. The fourth-order valence-corrected chi connectivity index (χ4v) is 2.28. The van der Waals surface area contributed by atoms with E-state index in [1.165, 1.54) is 0 Å². The van der Waals surface area contributed by atoms with Gasteiger partial charge >= 0.3 is 0 Å². The van der Waals surface area contributed by atoms with Gasteiger partial charge in [0.15, 0.2) is 0 Å². The van der Waals surface area contributed by atoms with E-state index in [4.69, 9.17) is 11.6 Å². The van der Waals surface area contributed by atoms with Crippen LogP contribution in [0, 0.1) is 0 Å². The molecule has 1 heterocycles. The molecular formula is C11H12BrClN2O. The Kier molecular flexibility index (Phi) is 3.84. The molecule has 5 heteroatoms. The summed E-state index contributed by atoms with van der Waals surface area (Å²) >= 11 is 9.31. The molecule has 1 aromatic carbocycles. The number of carbonyl (C=O) groups excluding carboxylic acids is 1. The minimum atomic E-state index is -0.111. The van der Waals surface area contributed by atoms with Gasteiger partial charge in [0.05, 0.1) is 10.6 Å². The van der Waals surface area contributed by atoms with Gasteiger partial charge in [-0.25, -0.2) is 0 Å². The standard InChI is InChI=1S/C11H12BrClN2O/c12-7-1-2-10(13)9(5-7)11(16)15-8-3-4-14-6-8/h1-2,5,8,14H,3-4,6H2,(H,15,16)/t8-/m0/s1. The molecule has 2 rings (SSSR count). The minimum absolute atomic E-state index is 0.111. The third-order valence-corrected chi connectivity index (χ3v) is 3.39. The second-order valence-corrected chi connectivity index (χ2v) is 5.11. The maximum Gasteiger partial charge on any atom is 0.253 e. The quantitative estimate of drug-likeness (QED) is 0.879. The first-order valence-corrected chi connectivity index (χ1v) is 6.30. The highest BCUT2D eigenvalue weighted by Gasteiger charge is 2.19. The van der Waals surface area contributed by atoms with E-state index >= 15 is 0 Å². The topological polar surface area (TPSA) is 41.1 Å². The Morgan fingerprint density at radius 1 is 1.56 bits per heavy atom. The van der Waals surface area contributed by atoms with Gasteiger partial charge in [0.25, 0.3) is 5.91 Å². The number of rotatable bonds is 2. The first-order chi connectivity index (χ1) is 7.66. The lowest BCUT2D eigenvalue weighted by molar-refractivity contribution is 0.0940. The van der Waals surface area contributed by atoms with Crippen molar-refractivity contribution >= 4 is 33.4 Å². The Labute approximate surface area is 108 Å². The summed E-state index contributed by atoms with van der Waals surface area (Å²) in [6.45, 7) is 1.79. The van der Waals surface area contributed by atoms with Crippen LogP contribution in [0.4, 0.5) is 0 Å². The van der Waals surface area contributed by atoms with Crippen molar-refractivity contribution in [1.82, 2.24) is 10.6 Å². The number of hydrogen-bond acceptors (Lipinski definition) is 2. The SMILES string of the molecule is O=C(N[C@H]1CCNC1)c1cc(Br)ccc1Cl. The average Bonchev–Trinajstić information content (AvgIpc) is 2.74. The zero-order chi connectivity index (χ0) is 11.5. The molecule has 1 aliphatic rings. The molecule has 1 fully saturated rings. The first kappa shape index (κ1) is 11.9. The number of benzene rings is 1. The summed E-state index contributed by atoms with van der Waals surface area (Å²) in [7, 11) is 0. The van der Waals surface area contributed by atoms with Crippen LogP contribution in [-0.4, -0.2) is 25.0 Å². The van der Waals surface area contributed by atoms with E-state index in [2.05, 4.69) is 26.6 Å². The van der Waals surface area contributed by atoms with Crippen molar-refractivity contribution in [2.24, 2.45) is 0 Å². The first-order valence-electron chi connectivity index (χ1n) is 5.13. The molecule has 1 amide bonds. The summed E-state index contributed by atoms with van der Waals surface area (Å²) in [6.07, 6.45) is 0.970. The average molecular weight is 304 g/mol. The molecule has 1 saturated heterocycles. The second kappa shape index (κ2) is 5.17. The number of hydrogen-bond donors (Lipinski definition) is 2. The molecule has 1 aromatic rings. The highest BCUT2D eigenvalue weighted by Crippen LogP contribution is 2.21. The Morgan fingerprint density at radius 2 is 2.38 bits per heavy atom. The molecule has 3 nitrogen and oxygen atoms in total. The Bertz CT molecular complexity index is 405. The van der Waals surface area contributed by atoms with E-state index in [1.54, 1.807) is 12.1 Å². The maximum atomic E-state index is 11.9. The number of amides is 1. The Hall–Kier alpha value is -0.580. The van der Waals surface area contributed by atoms with Crippen LogP contribution in [-0.2, 0) is 0 Å². The fourth-order valence-electron chi connectivity index (χ4n) is 1.71. The molecule has 0 aliphatic carbocycles. The van der Waals surface area contributed by atoms with Gasteiger partial charge in [-0.15, -0.1) is 0 Å². The van der Waals surface area contributed by atoms with E-state index in [9.17, 15) is 4.79 Å². The molecule has 2 N–H and O–H groups in total. The van der Waals surface area contributed by atoms with Gasteiger partial charge in [0.1, 0.15) is 0 Å². The van der Waals surface area contributed by atoms with E-state index < -0.39 is 0 Å². The van der Waals surface area contributed by atoms with Crippen molar-refractivity contribution in [2.75, 3.05) is 13.1 Å². The molecule has 0 unspecified atom stereocenters. The molecule has 1 atom stereocenters. The van der Waals surface area contributed by atoms with E-state index in [1.807, 2.05) is 6.07 Å². The maximum absolute atomic E-state index is 11.9. The normalized spacial score (nSPS) is 19.8. The van der Waals surface area contributed by atoms with Crippen molar-refractivity contribution in [3.05, 3.63) is 33.3 Å². The zero-order valence-corrected chi connectivity index (χ0v) is 10.9. The second-order valence-electron chi connectivity index (χ2n) is 3.79. The van der Waals surface area contributed by atoms with Crippen LogP contribution in [0.1, 0.15) is 16.8 Å².